The Balaban J connectivity index is 1.73. The van der Waals surface area contributed by atoms with Crippen LogP contribution in [0.15, 0.2) is 63.5 Å². The molecule has 0 unspecified atom stereocenters. The van der Waals surface area contributed by atoms with Gasteiger partial charge in [-0.05, 0) is 72.8 Å². The van der Waals surface area contributed by atoms with Crippen molar-refractivity contribution >= 4 is 59.5 Å². The predicted octanol–water partition coefficient (Wildman–Crippen LogP) is 6.85. The third-order valence-electron chi connectivity index (χ3n) is 6.85. The summed E-state index contributed by atoms with van der Waals surface area (Å²) in [6, 6.07) is 17.0. The second-order valence-electron chi connectivity index (χ2n) is 10.1. The molecule has 0 fully saturated rings. The lowest BCUT2D eigenvalue weighted by Gasteiger charge is -2.38. The zero-order chi connectivity index (χ0) is 25.6. The van der Waals surface area contributed by atoms with E-state index in [0.717, 1.165) is 30.5 Å². The van der Waals surface area contributed by atoms with Gasteiger partial charge in [-0.1, -0.05) is 56.1 Å². The molecule has 0 radical (unpaired) electrons. The summed E-state index contributed by atoms with van der Waals surface area (Å²) in [6.07, 6.45) is -0.661. The highest BCUT2D eigenvalue weighted by Gasteiger charge is 2.68. The first-order valence-electron chi connectivity index (χ1n) is 11.5. The van der Waals surface area contributed by atoms with E-state index in [0.29, 0.717) is 28.2 Å². The zero-order valence-electron chi connectivity index (χ0n) is 20.0. The van der Waals surface area contributed by atoms with Crippen LogP contribution in [-0.4, -0.2) is 23.9 Å². The van der Waals surface area contributed by atoms with Gasteiger partial charge < -0.3 is 24.6 Å². The molecule has 2 N–H and O–H groups in total. The second kappa shape index (κ2) is 7.60. The van der Waals surface area contributed by atoms with Crippen molar-refractivity contribution in [1.82, 2.24) is 5.32 Å². The van der Waals surface area contributed by atoms with Crippen LogP contribution in [0.25, 0.3) is 21.5 Å². The van der Waals surface area contributed by atoms with Crippen LogP contribution in [0.4, 0.5) is 4.79 Å². The monoisotopic (exact) mass is 611 g/mol. The van der Waals surface area contributed by atoms with E-state index in [4.69, 9.17) is 14.2 Å². The number of alkyl carbamates (subject to hydrolysis) is 1. The van der Waals surface area contributed by atoms with Gasteiger partial charge in [-0.3, -0.25) is 0 Å². The average Bonchev–Trinajstić information content (AvgIpc) is 3.17. The maximum atomic E-state index is 13.4. The van der Waals surface area contributed by atoms with Gasteiger partial charge >= 0.3 is 6.09 Å². The van der Waals surface area contributed by atoms with E-state index in [2.05, 4.69) is 37.2 Å². The molecule has 0 saturated carbocycles. The molecular formula is C28H23Br2NO5. The van der Waals surface area contributed by atoms with Gasteiger partial charge in [0.25, 0.3) is 5.79 Å². The molecular weight excluding hydrogens is 590 g/mol. The molecule has 1 amide bonds. The van der Waals surface area contributed by atoms with Crippen molar-refractivity contribution in [3.05, 3.63) is 80.2 Å². The molecule has 2 aliphatic rings. The Morgan fingerprint density at radius 1 is 0.972 bits per heavy atom. The normalized spacial score (nSPS) is 21.8. The summed E-state index contributed by atoms with van der Waals surface area (Å²) in [7, 11) is 1.62. The second-order valence-corrected chi connectivity index (χ2v) is 11.8. The molecule has 6 nitrogen and oxygen atoms in total. The van der Waals surface area contributed by atoms with Crippen LogP contribution in [0.3, 0.4) is 0 Å². The SMILES string of the molecule is COc1ccc2c3c(ccc2c1)O[C@@]1(O)c2ccc(Br)c4c(Br)ccc(c24)[C@@]31NC(=O)OC(C)(C)C. The summed E-state index contributed by atoms with van der Waals surface area (Å²) < 4.78 is 19.2. The number of amides is 1. The molecule has 1 aliphatic heterocycles. The van der Waals surface area contributed by atoms with Gasteiger partial charge in [0.05, 0.1) is 7.11 Å². The lowest BCUT2D eigenvalue weighted by Crippen LogP contribution is -2.58. The van der Waals surface area contributed by atoms with E-state index in [9.17, 15) is 9.90 Å². The lowest BCUT2D eigenvalue weighted by molar-refractivity contribution is -0.173. The van der Waals surface area contributed by atoms with Gasteiger partial charge in [0.2, 0.25) is 0 Å². The highest BCUT2D eigenvalue weighted by molar-refractivity contribution is 9.11. The molecule has 2 atom stereocenters. The van der Waals surface area contributed by atoms with Gasteiger partial charge in [-0.25, -0.2) is 4.79 Å². The van der Waals surface area contributed by atoms with Crippen LogP contribution in [0.5, 0.6) is 11.5 Å². The van der Waals surface area contributed by atoms with Crippen molar-refractivity contribution in [2.45, 2.75) is 37.7 Å². The number of benzene rings is 4. The van der Waals surface area contributed by atoms with Crippen LogP contribution >= 0.6 is 31.9 Å². The number of ether oxygens (including phenoxy) is 3. The van der Waals surface area contributed by atoms with E-state index >= 15 is 0 Å². The fourth-order valence-corrected chi connectivity index (χ4v) is 6.90. The van der Waals surface area contributed by atoms with Crippen molar-refractivity contribution in [3.8, 4) is 11.5 Å². The largest absolute Gasteiger partial charge is 0.497 e. The highest BCUT2D eigenvalue weighted by atomic mass is 79.9. The van der Waals surface area contributed by atoms with Crippen LogP contribution in [0.1, 0.15) is 37.5 Å². The summed E-state index contributed by atoms with van der Waals surface area (Å²) in [5, 5.41) is 18.9. The molecule has 4 aromatic carbocycles. The molecule has 0 aromatic heterocycles. The van der Waals surface area contributed by atoms with E-state index < -0.39 is 23.0 Å². The third-order valence-corrected chi connectivity index (χ3v) is 8.17. The van der Waals surface area contributed by atoms with Crippen LogP contribution in [0, 0.1) is 0 Å². The molecule has 4 aromatic rings. The summed E-state index contributed by atoms with van der Waals surface area (Å²) in [4.78, 5) is 13.4. The molecule has 36 heavy (non-hydrogen) atoms. The van der Waals surface area contributed by atoms with Crippen LogP contribution in [0.2, 0.25) is 0 Å². The Morgan fingerprint density at radius 2 is 1.67 bits per heavy atom. The number of halogens is 2. The molecule has 1 aliphatic carbocycles. The van der Waals surface area contributed by atoms with Crippen molar-refractivity contribution in [2.75, 3.05) is 7.11 Å². The number of carbonyl (C=O) groups excluding carboxylic acids is 1. The summed E-state index contributed by atoms with van der Waals surface area (Å²) in [5.74, 6) is -0.728. The Bertz CT molecular complexity index is 1600. The fourth-order valence-electron chi connectivity index (χ4n) is 5.55. The first-order chi connectivity index (χ1) is 17.0. The Kier molecular flexibility index (Phi) is 4.98. The van der Waals surface area contributed by atoms with Crippen LogP contribution in [-0.2, 0) is 16.1 Å². The Morgan fingerprint density at radius 3 is 2.33 bits per heavy atom. The van der Waals surface area contributed by atoms with Crippen molar-refractivity contribution in [3.63, 3.8) is 0 Å². The Hall–Kier alpha value is -2.81. The van der Waals surface area contributed by atoms with E-state index in [1.165, 1.54) is 0 Å². The number of methoxy groups -OCH3 is 1. The minimum absolute atomic E-state index is 0.482. The van der Waals surface area contributed by atoms with Gasteiger partial charge in [0.15, 0.2) is 5.54 Å². The van der Waals surface area contributed by atoms with Crippen molar-refractivity contribution in [1.29, 1.82) is 0 Å². The Labute approximate surface area is 224 Å². The maximum Gasteiger partial charge on any atom is 0.408 e. The van der Waals surface area contributed by atoms with Crippen molar-refractivity contribution < 1.29 is 24.1 Å². The highest BCUT2D eigenvalue weighted by Crippen LogP contribution is 2.64. The number of hydrogen-bond donors (Lipinski definition) is 2. The minimum Gasteiger partial charge on any atom is -0.497 e. The smallest absolute Gasteiger partial charge is 0.408 e. The van der Waals surface area contributed by atoms with Gasteiger partial charge in [-0.15, -0.1) is 0 Å². The number of hydrogen-bond acceptors (Lipinski definition) is 5. The number of aliphatic hydroxyl groups is 1. The van der Waals surface area contributed by atoms with Gasteiger partial charge in [-0.2, -0.15) is 0 Å². The maximum absolute atomic E-state index is 13.4. The molecule has 0 saturated heterocycles. The first kappa shape index (κ1) is 23.6. The predicted molar refractivity (Wildman–Crippen MR) is 145 cm³/mol. The van der Waals surface area contributed by atoms with E-state index in [-0.39, 0.29) is 0 Å². The van der Waals surface area contributed by atoms with E-state index in [1.54, 1.807) is 27.9 Å². The van der Waals surface area contributed by atoms with E-state index in [1.807, 2.05) is 54.6 Å². The topological polar surface area (TPSA) is 77.0 Å². The first-order valence-corrected chi connectivity index (χ1v) is 13.0. The summed E-state index contributed by atoms with van der Waals surface area (Å²) in [6.45, 7) is 5.40. The zero-order valence-corrected chi connectivity index (χ0v) is 23.2. The molecule has 6 rings (SSSR count). The molecule has 184 valence electrons. The average molecular weight is 613 g/mol. The van der Waals surface area contributed by atoms with Crippen molar-refractivity contribution in [2.24, 2.45) is 0 Å². The number of carbonyl (C=O) groups is 1. The number of nitrogens with one attached hydrogen (secondary N) is 1. The number of rotatable bonds is 2. The quantitative estimate of drug-likeness (QED) is 0.259. The number of fused-ring (bicyclic) bond motifs is 7. The molecule has 8 heteroatoms. The molecule has 0 spiro atoms. The standard InChI is InChI=1S/C28H23Br2NO5/c1-26(2,3)36-25(32)31-27-17-8-10-19(29)23-20(30)11-9-18(22(17)23)28(27,33)35-21-12-5-14-13-15(34-4)6-7-16(14)24(21)27/h5-13,33H,1-4H3,(H,31,32)/t27-,28+/m1/s1. The molecule has 1 heterocycles. The fraction of sp³-hybridized carbons (Fsp3) is 0.250. The third kappa shape index (κ3) is 3.01. The lowest BCUT2D eigenvalue weighted by atomic mass is 9.78. The summed E-state index contributed by atoms with van der Waals surface area (Å²) >= 11 is 7.32. The molecule has 0 bridgehead atoms. The van der Waals surface area contributed by atoms with Gasteiger partial charge in [0.1, 0.15) is 17.1 Å². The van der Waals surface area contributed by atoms with Gasteiger partial charge in [0, 0.05) is 25.5 Å². The van der Waals surface area contributed by atoms with Crippen LogP contribution < -0.4 is 14.8 Å². The summed E-state index contributed by atoms with van der Waals surface area (Å²) in [5.41, 5.74) is -0.275. The minimum atomic E-state index is -1.91.